The molecule has 0 amide bonds. The largest absolute Gasteiger partial charge is 0.306 e. The molecule has 0 aromatic rings. The average molecular weight is 504 g/mol. The number of nitrogens with zero attached hydrogens (tertiary/aromatic N) is 1. The van der Waals surface area contributed by atoms with Gasteiger partial charge in [-0.2, -0.15) is 0 Å². The maximum Gasteiger partial charge on any atom is 0.00891 e. The number of rotatable bonds is 25. The molecule has 5 atom stereocenters. The SMILES string of the molecule is CCCCCCCCCC(CCCCCCC(C)(C)CCC1CC1CC1CC1CCCCC)N(C)C. The lowest BCUT2D eigenvalue weighted by molar-refractivity contribution is 0.248. The van der Waals surface area contributed by atoms with Crippen molar-refractivity contribution in [1.29, 1.82) is 0 Å². The first-order valence-electron chi connectivity index (χ1n) is 17.0. The topological polar surface area (TPSA) is 3.24 Å². The smallest absolute Gasteiger partial charge is 0.00891 e. The lowest BCUT2D eigenvalue weighted by atomic mass is 9.81. The molecule has 0 radical (unpaired) electrons. The molecule has 2 rings (SSSR count). The molecule has 5 unspecified atom stereocenters. The summed E-state index contributed by atoms with van der Waals surface area (Å²) >= 11 is 0. The van der Waals surface area contributed by atoms with Crippen LogP contribution >= 0.6 is 0 Å². The molecule has 0 aliphatic heterocycles. The molecule has 2 fully saturated rings. The first kappa shape index (κ1) is 32.2. The summed E-state index contributed by atoms with van der Waals surface area (Å²) in [6, 6.07) is 0.811. The van der Waals surface area contributed by atoms with Crippen molar-refractivity contribution in [3.63, 3.8) is 0 Å². The second kappa shape index (κ2) is 18.3. The summed E-state index contributed by atoms with van der Waals surface area (Å²) in [6.45, 7) is 9.75. The molecule has 0 N–H and O–H groups in total. The molecular weight excluding hydrogens is 434 g/mol. The van der Waals surface area contributed by atoms with Crippen LogP contribution in [0.4, 0.5) is 0 Å². The minimum absolute atomic E-state index is 0.568. The van der Waals surface area contributed by atoms with E-state index in [1.54, 1.807) is 19.3 Å². The Morgan fingerprint density at radius 2 is 1.08 bits per heavy atom. The summed E-state index contributed by atoms with van der Waals surface area (Å²) in [7, 11) is 4.60. The molecule has 0 aromatic heterocycles. The van der Waals surface area contributed by atoms with E-state index >= 15 is 0 Å². The highest BCUT2D eigenvalue weighted by Gasteiger charge is 2.45. The highest BCUT2D eigenvalue weighted by molar-refractivity contribution is 4.95. The molecule has 214 valence electrons. The third-order valence-corrected chi connectivity index (χ3v) is 10.1. The summed E-state index contributed by atoms with van der Waals surface area (Å²) in [5, 5.41) is 0. The van der Waals surface area contributed by atoms with E-state index in [4.69, 9.17) is 0 Å². The van der Waals surface area contributed by atoms with Crippen molar-refractivity contribution >= 4 is 0 Å². The van der Waals surface area contributed by atoms with Crippen molar-refractivity contribution in [2.24, 2.45) is 29.1 Å². The van der Waals surface area contributed by atoms with E-state index in [9.17, 15) is 0 Å². The summed E-state index contributed by atoms with van der Waals surface area (Å²) < 4.78 is 0. The van der Waals surface area contributed by atoms with Crippen LogP contribution in [0.15, 0.2) is 0 Å². The van der Waals surface area contributed by atoms with Gasteiger partial charge in [0.2, 0.25) is 0 Å². The molecule has 0 aromatic carbocycles. The van der Waals surface area contributed by atoms with Gasteiger partial charge in [-0.05, 0) is 94.5 Å². The van der Waals surface area contributed by atoms with Crippen molar-refractivity contribution in [3.05, 3.63) is 0 Å². The molecule has 0 bridgehead atoms. The van der Waals surface area contributed by atoms with Gasteiger partial charge in [0.25, 0.3) is 0 Å². The van der Waals surface area contributed by atoms with E-state index in [-0.39, 0.29) is 0 Å². The molecular formula is C35H69N. The van der Waals surface area contributed by atoms with Gasteiger partial charge < -0.3 is 4.90 Å². The van der Waals surface area contributed by atoms with Gasteiger partial charge in [0.15, 0.2) is 0 Å². The normalized spacial score (nSPS) is 24.4. The number of hydrogen-bond donors (Lipinski definition) is 0. The maximum atomic E-state index is 2.55. The van der Waals surface area contributed by atoms with Crippen LogP contribution in [0, 0.1) is 29.1 Å². The Morgan fingerprint density at radius 1 is 0.583 bits per heavy atom. The lowest BCUT2D eigenvalue weighted by Crippen LogP contribution is -2.27. The first-order valence-corrected chi connectivity index (χ1v) is 17.0. The molecule has 2 aliphatic rings. The highest BCUT2D eigenvalue weighted by Crippen LogP contribution is 2.55. The van der Waals surface area contributed by atoms with Crippen LogP contribution in [0.2, 0.25) is 0 Å². The molecule has 0 heterocycles. The molecule has 2 saturated carbocycles. The van der Waals surface area contributed by atoms with Crippen LogP contribution < -0.4 is 0 Å². The van der Waals surface area contributed by atoms with Crippen molar-refractivity contribution in [2.75, 3.05) is 14.1 Å². The molecule has 1 heteroatoms. The van der Waals surface area contributed by atoms with Crippen molar-refractivity contribution in [3.8, 4) is 0 Å². The van der Waals surface area contributed by atoms with Crippen molar-refractivity contribution < 1.29 is 0 Å². The maximum absolute atomic E-state index is 2.55. The predicted octanol–water partition coefficient (Wildman–Crippen LogP) is 11.4. The Labute approximate surface area is 229 Å². The summed E-state index contributed by atoms with van der Waals surface area (Å²) in [5.74, 6) is 4.48. The zero-order chi connectivity index (χ0) is 26.2. The second-order valence-electron chi connectivity index (χ2n) is 14.4. The zero-order valence-corrected chi connectivity index (χ0v) is 26.1. The van der Waals surface area contributed by atoms with Gasteiger partial charge in [-0.25, -0.2) is 0 Å². The lowest BCUT2D eigenvalue weighted by Gasteiger charge is -2.25. The van der Waals surface area contributed by atoms with Crippen LogP contribution in [0.1, 0.15) is 175 Å². The van der Waals surface area contributed by atoms with E-state index in [0.29, 0.717) is 5.41 Å². The minimum atomic E-state index is 0.568. The predicted molar refractivity (Wildman–Crippen MR) is 163 cm³/mol. The van der Waals surface area contributed by atoms with Gasteiger partial charge in [-0.3, -0.25) is 0 Å². The van der Waals surface area contributed by atoms with Crippen LogP contribution in [0.3, 0.4) is 0 Å². The third-order valence-electron chi connectivity index (χ3n) is 10.1. The van der Waals surface area contributed by atoms with Gasteiger partial charge in [0.1, 0.15) is 0 Å². The van der Waals surface area contributed by atoms with Gasteiger partial charge in [0.05, 0.1) is 0 Å². The monoisotopic (exact) mass is 504 g/mol. The van der Waals surface area contributed by atoms with E-state index in [1.165, 1.54) is 128 Å². The van der Waals surface area contributed by atoms with Crippen LogP contribution in [-0.2, 0) is 0 Å². The quantitative estimate of drug-likeness (QED) is 0.112. The van der Waals surface area contributed by atoms with Gasteiger partial charge in [-0.15, -0.1) is 0 Å². The van der Waals surface area contributed by atoms with E-state index < -0.39 is 0 Å². The standard InChI is InChI=1S/C35H69N/c1-7-9-11-12-13-14-18-22-34(36(5)6)23-19-15-16-20-25-35(3,4)26-24-31-28-33(31)29-32-27-30(32)21-17-10-8-2/h30-34H,7-29H2,1-6H3. The molecule has 0 spiro atoms. The third kappa shape index (κ3) is 14.8. The Balaban J connectivity index is 1.43. The summed E-state index contributed by atoms with van der Waals surface area (Å²) in [5.41, 5.74) is 0.568. The Bertz CT molecular complexity index is 523. The Hall–Kier alpha value is -0.0400. The molecule has 1 nitrogen and oxygen atoms in total. The summed E-state index contributed by atoms with van der Waals surface area (Å²) in [6.07, 6.45) is 33.7. The molecule has 36 heavy (non-hydrogen) atoms. The van der Waals surface area contributed by atoms with E-state index in [0.717, 1.165) is 29.7 Å². The first-order chi connectivity index (χ1) is 17.4. The van der Waals surface area contributed by atoms with Gasteiger partial charge in [0, 0.05) is 6.04 Å². The van der Waals surface area contributed by atoms with Gasteiger partial charge >= 0.3 is 0 Å². The van der Waals surface area contributed by atoms with Crippen LogP contribution in [0.25, 0.3) is 0 Å². The Kier molecular flexibility index (Phi) is 16.3. The molecule has 2 aliphatic carbocycles. The number of unbranched alkanes of at least 4 members (excludes halogenated alkanes) is 11. The van der Waals surface area contributed by atoms with Crippen LogP contribution in [0.5, 0.6) is 0 Å². The molecule has 0 saturated heterocycles. The fourth-order valence-corrected chi connectivity index (χ4v) is 6.99. The van der Waals surface area contributed by atoms with Crippen molar-refractivity contribution in [2.45, 2.75) is 181 Å². The Morgan fingerprint density at radius 3 is 1.67 bits per heavy atom. The highest BCUT2D eigenvalue weighted by atomic mass is 15.1. The second-order valence-corrected chi connectivity index (χ2v) is 14.4. The number of hydrogen-bond acceptors (Lipinski definition) is 1. The zero-order valence-electron chi connectivity index (χ0n) is 26.1. The fraction of sp³-hybridized carbons (Fsp3) is 1.00. The van der Waals surface area contributed by atoms with Gasteiger partial charge in [-0.1, -0.05) is 124 Å². The summed E-state index contributed by atoms with van der Waals surface area (Å²) in [4.78, 5) is 2.50. The minimum Gasteiger partial charge on any atom is -0.306 e. The fourth-order valence-electron chi connectivity index (χ4n) is 6.99. The van der Waals surface area contributed by atoms with Crippen molar-refractivity contribution in [1.82, 2.24) is 4.90 Å². The van der Waals surface area contributed by atoms with E-state index in [2.05, 4.69) is 46.7 Å². The van der Waals surface area contributed by atoms with E-state index in [1.807, 2.05) is 0 Å². The average Bonchev–Trinajstić information content (AvgIpc) is 3.76. The van der Waals surface area contributed by atoms with Crippen LogP contribution in [-0.4, -0.2) is 25.0 Å².